The van der Waals surface area contributed by atoms with Crippen molar-refractivity contribution in [3.8, 4) is 0 Å². The minimum absolute atomic E-state index is 0.196. The van der Waals surface area contributed by atoms with Crippen LogP contribution in [0.15, 0.2) is 0 Å². The number of fused-ring (bicyclic) bond motifs is 5. The number of rotatable bonds is 4. The van der Waals surface area contributed by atoms with Gasteiger partial charge in [0, 0.05) is 0 Å². The van der Waals surface area contributed by atoms with Gasteiger partial charge in [-0.2, -0.15) is 0 Å². The van der Waals surface area contributed by atoms with E-state index in [0.29, 0.717) is 23.7 Å². The van der Waals surface area contributed by atoms with Gasteiger partial charge in [-0.05, 0) is 105 Å². The van der Waals surface area contributed by atoms with Gasteiger partial charge in [0.2, 0.25) is 0 Å². The summed E-state index contributed by atoms with van der Waals surface area (Å²) in [5, 5.41) is -0.791. The van der Waals surface area contributed by atoms with E-state index in [2.05, 4.69) is 34.1 Å². The Kier molecular flexibility index (Phi) is 5.42. The summed E-state index contributed by atoms with van der Waals surface area (Å²) in [6.07, 6.45) is 14.4. The van der Waals surface area contributed by atoms with Crippen LogP contribution in [-0.4, -0.2) is 14.9 Å². The second-order valence-corrected chi connectivity index (χ2v) is 13.4. The summed E-state index contributed by atoms with van der Waals surface area (Å²) in [6.45, 7) is 9.64. The molecule has 0 saturated heterocycles. The Bertz CT molecular complexity index is 644. The Balaban J connectivity index is 1.66. The molecule has 0 bridgehead atoms. The van der Waals surface area contributed by atoms with Crippen molar-refractivity contribution in [3.05, 3.63) is 6.42 Å². The van der Waals surface area contributed by atoms with Crippen LogP contribution in [-0.2, 0) is 4.57 Å². The van der Waals surface area contributed by atoms with Crippen molar-refractivity contribution in [2.75, 3.05) is 0 Å². The summed E-state index contributed by atoms with van der Waals surface area (Å²) in [6, 6.07) is 0. The minimum atomic E-state index is -4.14. The smallest absolute Gasteiger partial charge is 0.324 e. The lowest BCUT2D eigenvalue weighted by Gasteiger charge is -2.65. The first-order valence-electron chi connectivity index (χ1n) is 12.0. The van der Waals surface area contributed by atoms with Crippen molar-refractivity contribution < 1.29 is 14.4 Å². The molecule has 1 unspecified atom stereocenters. The van der Waals surface area contributed by atoms with Crippen LogP contribution in [0.5, 0.6) is 0 Å². The van der Waals surface area contributed by atoms with E-state index in [1.54, 1.807) is 0 Å². The van der Waals surface area contributed by atoms with Gasteiger partial charge in [-0.1, -0.05) is 40.5 Å². The van der Waals surface area contributed by atoms with Crippen LogP contribution in [0.3, 0.4) is 0 Å². The van der Waals surface area contributed by atoms with Gasteiger partial charge in [-0.3, -0.25) is 4.57 Å². The summed E-state index contributed by atoms with van der Waals surface area (Å²) < 4.78 is 12.8. The van der Waals surface area contributed by atoms with Crippen LogP contribution >= 0.6 is 7.60 Å². The largest absolute Gasteiger partial charge is 0.332 e. The third-order valence-corrected chi connectivity index (χ3v) is 12.7. The van der Waals surface area contributed by atoms with E-state index < -0.39 is 12.8 Å². The molecule has 2 N–H and O–H groups in total. The van der Waals surface area contributed by atoms with Crippen molar-refractivity contribution >= 4 is 7.60 Å². The Morgan fingerprint density at radius 2 is 1.82 bits per heavy atom. The van der Waals surface area contributed by atoms with Gasteiger partial charge < -0.3 is 9.79 Å². The van der Waals surface area contributed by atoms with Crippen molar-refractivity contribution in [1.29, 1.82) is 0 Å². The lowest BCUT2D eigenvalue weighted by atomic mass is 9.44. The fourth-order valence-corrected chi connectivity index (χ4v) is 11.0. The number of hydrogen-bond donors (Lipinski definition) is 2. The average molecular weight is 410 g/mol. The maximum Gasteiger partial charge on any atom is 0.332 e. The molecule has 4 fully saturated rings. The summed E-state index contributed by atoms with van der Waals surface area (Å²) in [5.41, 5.74) is 0.257. The topological polar surface area (TPSA) is 57.5 Å². The molecule has 4 saturated carbocycles. The third-order valence-electron chi connectivity index (χ3n) is 10.6. The molecular weight excluding hydrogens is 367 g/mol. The summed E-state index contributed by atoms with van der Waals surface area (Å²) in [4.78, 5) is 21.0. The predicted octanol–water partition coefficient (Wildman–Crippen LogP) is 6.59. The molecule has 0 amide bonds. The van der Waals surface area contributed by atoms with Crippen LogP contribution in [0.2, 0.25) is 0 Å². The van der Waals surface area contributed by atoms with E-state index in [1.807, 2.05) is 0 Å². The molecule has 4 aliphatic carbocycles. The summed E-state index contributed by atoms with van der Waals surface area (Å²) in [7, 11) is -4.14. The standard InChI is InChI=1S/C24H42O3P/c1-5-8-17(2)19-9-10-20-18-11-16-24(28(25,26)27)14-7-6-13-23(24,4)21(18)12-15-22(19,20)3/h7,17-21H,5-6,8-16H2,1-4H3,(H2,25,26,27)/t17-,18+,19-,20+,21+,22-,23-,24?/m1/s1. The molecule has 3 nitrogen and oxygen atoms in total. The zero-order valence-electron chi connectivity index (χ0n) is 18.5. The van der Waals surface area contributed by atoms with E-state index >= 15 is 0 Å². The monoisotopic (exact) mass is 409 g/mol. The van der Waals surface area contributed by atoms with Gasteiger partial charge in [0.15, 0.2) is 0 Å². The molecule has 0 spiro atoms. The Morgan fingerprint density at radius 3 is 2.50 bits per heavy atom. The highest BCUT2D eigenvalue weighted by Crippen LogP contribution is 2.76. The first-order chi connectivity index (χ1) is 13.1. The molecule has 0 aromatic rings. The van der Waals surface area contributed by atoms with E-state index in [-0.39, 0.29) is 5.41 Å². The van der Waals surface area contributed by atoms with Gasteiger partial charge in [-0.25, -0.2) is 0 Å². The predicted molar refractivity (Wildman–Crippen MR) is 115 cm³/mol. The van der Waals surface area contributed by atoms with Gasteiger partial charge in [0.1, 0.15) is 0 Å². The molecule has 161 valence electrons. The van der Waals surface area contributed by atoms with Crippen LogP contribution in [0.25, 0.3) is 0 Å². The fourth-order valence-electron chi connectivity index (χ4n) is 9.24. The van der Waals surface area contributed by atoms with Gasteiger partial charge in [0.05, 0.1) is 5.16 Å². The lowest BCUT2D eigenvalue weighted by molar-refractivity contribution is -0.104. The minimum Gasteiger partial charge on any atom is -0.324 e. The van der Waals surface area contributed by atoms with Gasteiger partial charge >= 0.3 is 7.60 Å². The molecule has 4 aliphatic rings. The van der Waals surface area contributed by atoms with Crippen molar-refractivity contribution in [2.45, 2.75) is 103 Å². The zero-order valence-corrected chi connectivity index (χ0v) is 19.4. The van der Waals surface area contributed by atoms with E-state index in [1.165, 1.54) is 38.5 Å². The fraction of sp³-hybridized carbons (Fsp3) is 0.958. The van der Waals surface area contributed by atoms with Gasteiger partial charge in [-0.15, -0.1) is 0 Å². The van der Waals surface area contributed by atoms with Crippen LogP contribution < -0.4 is 0 Å². The summed E-state index contributed by atoms with van der Waals surface area (Å²) in [5.74, 6) is 3.61. The molecule has 1 radical (unpaired) electrons. The molecule has 4 rings (SSSR count). The Morgan fingerprint density at radius 1 is 1.07 bits per heavy atom. The highest BCUT2D eigenvalue weighted by molar-refractivity contribution is 7.53. The normalized spacial score (nSPS) is 49.8. The maximum absolute atomic E-state index is 12.8. The van der Waals surface area contributed by atoms with Crippen LogP contribution in [0.1, 0.15) is 98.3 Å². The molecule has 8 atom stereocenters. The molecule has 0 aromatic carbocycles. The van der Waals surface area contributed by atoms with E-state index in [9.17, 15) is 14.4 Å². The van der Waals surface area contributed by atoms with E-state index in [4.69, 9.17) is 0 Å². The number of hydrogen-bond acceptors (Lipinski definition) is 1. The molecule has 0 heterocycles. The van der Waals surface area contributed by atoms with Crippen molar-refractivity contribution in [1.82, 2.24) is 0 Å². The molecule has 0 aliphatic heterocycles. The van der Waals surface area contributed by atoms with Crippen molar-refractivity contribution in [2.24, 2.45) is 40.4 Å². The molecular formula is C24H42O3P. The van der Waals surface area contributed by atoms with Crippen molar-refractivity contribution in [3.63, 3.8) is 0 Å². The molecule has 28 heavy (non-hydrogen) atoms. The van der Waals surface area contributed by atoms with Gasteiger partial charge in [0.25, 0.3) is 0 Å². The summed E-state index contributed by atoms with van der Waals surface area (Å²) >= 11 is 0. The maximum atomic E-state index is 12.8. The second kappa shape index (κ2) is 7.10. The Labute approximate surface area is 172 Å². The van der Waals surface area contributed by atoms with Crippen LogP contribution in [0.4, 0.5) is 0 Å². The second-order valence-electron chi connectivity index (χ2n) is 11.4. The SMILES string of the molecule is CCC[C@@H](C)[C@H]1CC[C@H]2[C@@H]3CCC4(P(=O)(O)O)C[CH]CC[C@]4(C)[C@H]3CC[C@]12C. The average Bonchev–Trinajstić information content (AvgIpc) is 2.97. The lowest BCUT2D eigenvalue weighted by Crippen LogP contribution is -2.61. The molecule has 4 heteroatoms. The molecule has 0 aromatic heterocycles. The quantitative estimate of drug-likeness (QED) is 0.515. The zero-order chi connectivity index (χ0) is 20.4. The highest BCUT2D eigenvalue weighted by atomic mass is 31.2. The van der Waals surface area contributed by atoms with E-state index in [0.717, 1.165) is 43.4 Å². The Hall–Kier alpha value is 0.150. The van der Waals surface area contributed by atoms with Crippen LogP contribution in [0, 0.1) is 46.8 Å². The highest BCUT2D eigenvalue weighted by Gasteiger charge is 2.68. The first kappa shape index (κ1) is 21.4. The first-order valence-corrected chi connectivity index (χ1v) is 13.6. The third kappa shape index (κ3) is 2.78.